The Labute approximate surface area is 368 Å². The van der Waals surface area contributed by atoms with Gasteiger partial charge in [-0.15, -0.1) is 29.7 Å². The van der Waals surface area contributed by atoms with Crippen LogP contribution in [0.3, 0.4) is 0 Å². The topological polar surface area (TPSA) is 35.9 Å². The molecule has 6 heteroatoms. The summed E-state index contributed by atoms with van der Waals surface area (Å²) in [5.74, 6) is 2.03. The van der Waals surface area contributed by atoms with Crippen molar-refractivity contribution in [2.45, 2.75) is 78.6 Å². The number of fused-ring (bicyclic) bond motifs is 4. The summed E-state index contributed by atoms with van der Waals surface area (Å²) in [7, 11) is 0. The van der Waals surface area contributed by atoms with E-state index in [1.54, 1.807) is 0 Å². The van der Waals surface area contributed by atoms with Crippen LogP contribution >= 0.6 is 0 Å². The van der Waals surface area contributed by atoms with Crippen LogP contribution < -0.4 is 9.30 Å². The van der Waals surface area contributed by atoms with E-state index in [0.717, 1.165) is 61.2 Å². The summed E-state index contributed by atoms with van der Waals surface area (Å²) in [6.07, 6.45) is 5.69. The van der Waals surface area contributed by atoms with Gasteiger partial charge in [0, 0.05) is 44.3 Å². The Morgan fingerprint density at radius 2 is 1.22 bits per heavy atom. The molecule has 0 bridgehead atoms. The van der Waals surface area contributed by atoms with Crippen molar-refractivity contribution < 1.29 is 30.4 Å². The maximum Gasteiger partial charge on any atom is 0.268 e. The SMILES string of the molecule is CC(C)(C)c1cc(-[n+]2[c-]n(-c3[c-]c(Oc4[c-]c5c(cc4)c4ccccc4n5-c4cc(C(C)(C)C)ccn4)ccc3)c3cccc(-c4ccccc4)c32)cc(C(C)(C)C)c1.[Pt]. The molecule has 6 aromatic carbocycles. The van der Waals surface area contributed by atoms with Crippen molar-refractivity contribution in [3.63, 3.8) is 0 Å². The zero-order valence-corrected chi connectivity index (χ0v) is 38.1. The summed E-state index contributed by atoms with van der Waals surface area (Å²) in [5.41, 5.74) is 11.9. The van der Waals surface area contributed by atoms with Crippen LogP contribution in [0, 0.1) is 18.5 Å². The van der Waals surface area contributed by atoms with Gasteiger partial charge in [0.1, 0.15) is 5.82 Å². The van der Waals surface area contributed by atoms with E-state index in [0.29, 0.717) is 11.5 Å². The van der Waals surface area contributed by atoms with E-state index >= 15 is 0 Å². The fourth-order valence-electron chi connectivity index (χ4n) is 7.90. The number of aromatic nitrogens is 4. The molecule has 0 saturated carbocycles. The molecular formula is C54H50N4OPt-2. The number of imidazole rings is 1. The van der Waals surface area contributed by atoms with Gasteiger partial charge in [-0.05, 0) is 85.5 Å². The number of hydrogen-bond donors (Lipinski definition) is 0. The minimum absolute atomic E-state index is 0. The van der Waals surface area contributed by atoms with E-state index in [2.05, 4.69) is 210 Å². The zero-order valence-electron chi connectivity index (χ0n) is 35.8. The second-order valence-corrected chi connectivity index (χ2v) is 18.7. The third-order valence-electron chi connectivity index (χ3n) is 11.3. The van der Waals surface area contributed by atoms with E-state index in [9.17, 15) is 0 Å². The van der Waals surface area contributed by atoms with Crippen LogP contribution in [0.15, 0.2) is 140 Å². The summed E-state index contributed by atoms with van der Waals surface area (Å²) in [4.78, 5) is 4.85. The molecule has 3 aromatic heterocycles. The van der Waals surface area contributed by atoms with Crippen molar-refractivity contribution >= 4 is 32.8 Å². The van der Waals surface area contributed by atoms with E-state index in [4.69, 9.17) is 9.72 Å². The van der Waals surface area contributed by atoms with Crippen molar-refractivity contribution in [2.75, 3.05) is 0 Å². The molecule has 0 fully saturated rings. The van der Waals surface area contributed by atoms with Gasteiger partial charge in [0.25, 0.3) is 6.33 Å². The van der Waals surface area contributed by atoms with E-state index in [-0.39, 0.29) is 37.3 Å². The predicted octanol–water partition coefficient (Wildman–Crippen LogP) is 13.1. The molecule has 9 aromatic rings. The third-order valence-corrected chi connectivity index (χ3v) is 11.3. The molecule has 5 nitrogen and oxygen atoms in total. The normalized spacial score (nSPS) is 12.3. The number of nitrogens with zero attached hydrogens (tertiary/aromatic N) is 4. The third kappa shape index (κ3) is 7.61. The smallest absolute Gasteiger partial charge is 0.268 e. The van der Waals surface area contributed by atoms with Crippen LogP contribution in [0.25, 0.3) is 61.2 Å². The van der Waals surface area contributed by atoms with Gasteiger partial charge in [-0.25, -0.2) is 4.98 Å². The molecule has 0 saturated heterocycles. The first-order valence-corrected chi connectivity index (χ1v) is 20.5. The van der Waals surface area contributed by atoms with Gasteiger partial charge in [-0.1, -0.05) is 141 Å². The minimum atomic E-state index is -0.0436. The number of pyridine rings is 1. The van der Waals surface area contributed by atoms with Gasteiger partial charge in [0.05, 0.1) is 16.7 Å². The van der Waals surface area contributed by atoms with E-state index in [1.165, 1.54) is 16.7 Å². The number of benzene rings is 6. The maximum absolute atomic E-state index is 6.64. The average Bonchev–Trinajstić information content (AvgIpc) is 3.77. The molecule has 0 aliphatic rings. The first-order valence-electron chi connectivity index (χ1n) is 20.5. The Morgan fingerprint density at radius 1 is 0.567 bits per heavy atom. The van der Waals surface area contributed by atoms with Crippen molar-refractivity contribution in [3.05, 3.63) is 175 Å². The molecule has 0 N–H and O–H groups in total. The Bertz CT molecular complexity index is 2990. The molecule has 0 radical (unpaired) electrons. The number of para-hydroxylation sites is 2. The predicted molar refractivity (Wildman–Crippen MR) is 242 cm³/mol. The number of hydrogen-bond acceptors (Lipinski definition) is 2. The summed E-state index contributed by atoms with van der Waals surface area (Å²) in [6, 6.07) is 54.2. The molecule has 0 unspecified atom stereocenters. The first-order chi connectivity index (χ1) is 28.1. The van der Waals surface area contributed by atoms with E-state index in [1.807, 2.05) is 24.4 Å². The first kappa shape index (κ1) is 41.0. The largest absolute Gasteiger partial charge is 0.510 e. The molecule has 0 aliphatic heterocycles. The average molecular weight is 966 g/mol. The molecular weight excluding hydrogens is 916 g/mol. The minimum Gasteiger partial charge on any atom is -0.510 e. The molecule has 0 aliphatic carbocycles. The Morgan fingerprint density at radius 3 is 1.93 bits per heavy atom. The van der Waals surface area contributed by atoms with Gasteiger partial charge in [-0.2, -0.15) is 18.2 Å². The summed E-state index contributed by atoms with van der Waals surface area (Å²) >= 11 is 0. The summed E-state index contributed by atoms with van der Waals surface area (Å²) in [6.45, 7) is 20.4. The molecule has 0 spiro atoms. The fraction of sp³-hybridized carbons (Fsp3) is 0.222. The molecule has 9 rings (SSSR count). The molecule has 3 heterocycles. The quantitative estimate of drug-likeness (QED) is 0.123. The van der Waals surface area contributed by atoms with Crippen molar-refractivity contribution in [1.82, 2.24) is 14.1 Å². The van der Waals surface area contributed by atoms with Crippen LogP contribution in [0.2, 0.25) is 0 Å². The van der Waals surface area contributed by atoms with Gasteiger partial charge in [0.2, 0.25) is 0 Å². The van der Waals surface area contributed by atoms with Crippen LogP contribution in [0.1, 0.15) is 79.0 Å². The second-order valence-electron chi connectivity index (χ2n) is 18.7. The van der Waals surface area contributed by atoms with Crippen LogP contribution in [-0.2, 0) is 37.3 Å². The van der Waals surface area contributed by atoms with Gasteiger partial charge < -0.3 is 13.9 Å². The van der Waals surface area contributed by atoms with Crippen LogP contribution in [0.5, 0.6) is 11.5 Å². The maximum atomic E-state index is 6.64. The standard InChI is InChI=1S/C54H50N4O.Pt/c1-52(2,3)37-27-28-55-50(32-37)58-47-23-14-13-21-45(47)46-26-25-43(34-49(46)58)59-42-20-15-19-40(33-42)56-35-57(41-30-38(53(4,5)6)29-39(31-41)54(7,8)9)51-44(22-16-24-48(51)56)36-17-11-10-12-18-36;/h10-32H,1-9H3;/q-2;. The Kier molecular flexibility index (Phi) is 10.5. The van der Waals surface area contributed by atoms with E-state index < -0.39 is 0 Å². The van der Waals surface area contributed by atoms with Crippen molar-refractivity contribution in [2.24, 2.45) is 0 Å². The zero-order chi connectivity index (χ0) is 41.3. The van der Waals surface area contributed by atoms with Crippen molar-refractivity contribution in [1.29, 1.82) is 0 Å². The molecule has 60 heavy (non-hydrogen) atoms. The number of ether oxygens (including phenoxy) is 1. The second kappa shape index (κ2) is 15.4. The fourth-order valence-corrected chi connectivity index (χ4v) is 7.90. The summed E-state index contributed by atoms with van der Waals surface area (Å²) in [5, 5.41) is 2.23. The Hall–Kier alpha value is -5.77. The van der Waals surface area contributed by atoms with Gasteiger partial charge >= 0.3 is 0 Å². The van der Waals surface area contributed by atoms with Crippen LogP contribution in [-0.4, -0.2) is 14.1 Å². The van der Waals surface area contributed by atoms with Gasteiger partial charge in [0.15, 0.2) is 0 Å². The van der Waals surface area contributed by atoms with Gasteiger partial charge in [-0.3, -0.25) is 4.57 Å². The van der Waals surface area contributed by atoms with Crippen LogP contribution in [0.4, 0.5) is 0 Å². The monoisotopic (exact) mass is 965 g/mol. The van der Waals surface area contributed by atoms with Crippen molar-refractivity contribution in [3.8, 4) is 39.8 Å². The number of rotatable bonds is 6. The Balaban J connectivity index is 0.00000499. The molecule has 0 atom stereocenters. The molecule has 0 amide bonds. The summed E-state index contributed by atoms with van der Waals surface area (Å²) < 4.78 is 13.2. The molecule has 304 valence electrons.